The van der Waals surface area contributed by atoms with Crippen LogP contribution < -0.4 is 0 Å². The maximum atomic E-state index is 13.7. The zero-order valence-corrected chi connectivity index (χ0v) is 11.3. The predicted octanol–water partition coefficient (Wildman–Crippen LogP) is 5.07. The van der Waals surface area contributed by atoms with Crippen LogP contribution in [0.15, 0.2) is 18.2 Å². The first-order valence-electron chi connectivity index (χ1n) is 6.20. The molecule has 0 N–H and O–H groups in total. The van der Waals surface area contributed by atoms with E-state index in [4.69, 9.17) is 23.2 Å². The Balaban J connectivity index is 2.09. The normalized spacial score (nSPS) is 18.5. The van der Waals surface area contributed by atoms with Crippen molar-refractivity contribution in [2.24, 2.45) is 11.8 Å². The van der Waals surface area contributed by atoms with Gasteiger partial charge in [-0.25, -0.2) is 4.39 Å². The van der Waals surface area contributed by atoms with Gasteiger partial charge in [-0.1, -0.05) is 37.3 Å². The Hall–Kier alpha value is -0.270. The summed E-state index contributed by atoms with van der Waals surface area (Å²) in [5.41, 5.74) is 0.704. The minimum Gasteiger partial charge on any atom is -0.207 e. The molecule has 0 nitrogen and oxygen atoms in total. The largest absolute Gasteiger partial charge is 0.207 e. The van der Waals surface area contributed by atoms with Crippen molar-refractivity contribution >= 4 is 23.2 Å². The van der Waals surface area contributed by atoms with E-state index in [2.05, 4.69) is 0 Å². The lowest BCUT2D eigenvalue weighted by Crippen LogP contribution is -2.17. The van der Waals surface area contributed by atoms with Crippen LogP contribution in [0.4, 0.5) is 4.39 Å². The van der Waals surface area contributed by atoms with Crippen LogP contribution in [-0.2, 0) is 6.42 Å². The monoisotopic (exact) mass is 274 g/mol. The molecule has 1 fully saturated rings. The third-order valence-corrected chi connectivity index (χ3v) is 4.39. The SMILES string of the molecule is Fc1ccc(Cl)cc1CC(CCl)C1CCCC1. The van der Waals surface area contributed by atoms with Gasteiger partial charge < -0.3 is 0 Å². The Bertz CT molecular complexity index is 372. The molecule has 0 spiro atoms. The Labute approximate surface area is 112 Å². The van der Waals surface area contributed by atoms with Gasteiger partial charge in [0.15, 0.2) is 0 Å². The van der Waals surface area contributed by atoms with Gasteiger partial charge in [0.25, 0.3) is 0 Å². The van der Waals surface area contributed by atoms with Gasteiger partial charge in [-0.2, -0.15) is 0 Å². The molecule has 1 unspecified atom stereocenters. The molecule has 1 saturated carbocycles. The van der Waals surface area contributed by atoms with Gasteiger partial charge in [-0.3, -0.25) is 0 Å². The van der Waals surface area contributed by atoms with E-state index < -0.39 is 0 Å². The van der Waals surface area contributed by atoms with Crippen LogP contribution in [0.2, 0.25) is 5.02 Å². The smallest absolute Gasteiger partial charge is 0.126 e. The molecule has 0 bridgehead atoms. The van der Waals surface area contributed by atoms with Gasteiger partial charge in [0.1, 0.15) is 5.82 Å². The summed E-state index contributed by atoms with van der Waals surface area (Å²) in [6.07, 6.45) is 5.76. The molecule has 0 heterocycles. The van der Waals surface area contributed by atoms with Gasteiger partial charge in [-0.15, -0.1) is 11.6 Å². The highest BCUT2D eigenvalue weighted by Crippen LogP contribution is 2.34. The van der Waals surface area contributed by atoms with Crippen molar-refractivity contribution in [1.82, 2.24) is 0 Å². The fraction of sp³-hybridized carbons (Fsp3) is 0.571. The van der Waals surface area contributed by atoms with Crippen molar-refractivity contribution in [3.05, 3.63) is 34.6 Å². The van der Waals surface area contributed by atoms with Crippen molar-refractivity contribution in [3.8, 4) is 0 Å². The summed E-state index contributed by atoms with van der Waals surface area (Å²) in [6, 6.07) is 4.76. The van der Waals surface area contributed by atoms with Gasteiger partial charge >= 0.3 is 0 Å². The maximum Gasteiger partial charge on any atom is 0.126 e. The van der Waals surface area contributed by atoms with Crippen LogP contribution in [0.1, 0.15) is 31.2 Å². The standard InChI is InChI=1S/C14H17Cl2F/c15-9-12(10-3-1-2-4-10)7-11-8-13(16)5-6-14(11)17/h5-6,8,10,12H,1-4,7,9H2. The number of hydrogen-bond donors (Lipinski definition) is 0. The van der Waals surface area contributed by atoms with Crippen LogP contribution in [0.25, 0.3) is 0 Å². The minimum atomic E-state index is -0.164. The van der Waals surface area contributed by atoms with E-state index in [-0.39, 0.29) is 5.82 Å². The Morgan fingerprint density at radius 2 is 2.00 bits per heavy atom. The van der Waals surface area contributed by atoms with E-state index in [0.29, 0.717) is 34.7 Å². The molecule has 1 aromatic carbocycles. The summed E-state index contributed by atoms with van der Waals surface area (Å²) in [5.74, 6) is 1.48. The van der Waals surface area contributed by atoms with Crippen molar-refractivity contribution in [2.75, 3.05) is 5.88 Å². The molecule has 1 aromatic rings. The molecule has 0 aromatic heterocycles. The quantitative estimate of drug-likeness (QED) is 0.673. The third kappa shape index (κ3) is 3.35. The van der Waals surface area contributed by atoms with E-state index in [1.165, 1.54) is 31.7 Å². The van der Waals surface area contributed by atoms with Crippen LogP contribution in [0, 0.1) is 17.7 Å². The lowest BCUT2D eigenvalue weighted by atomic mass is 9.87. The number of hydrogen-bond acceptors (Lipinski definition) is 0. The number of halogens is 3. The maximum absolute atomic E-state index is 13.7. The van der Waals surface area contributed by atoms with Crippen LogP contribution in [0.3, 0.4) is 0 Å². The van der Waals surface area contributed by atoms with Crippen molar-refractivity contribution in [3.63, 3.8) is 0 Å². The second-order valence-electron chi connectivity index (χ2n) is 4.90. The summed E-state index contributed by atoms with van der Waals surface area (Å²) in [4.78, 5) is 0. The molecule has 94 valence electrons. The average Bonchev–Trinajstić information content (AvgIpc) is 2.84. The molecular formula is C14H17Cl2F. The summed E-state index contributed by atoms with van der Waals surface area (Å²) < 4.78 is 13.7. The van der Waals surface area contributed by atoms with Crippen LogP contribution in [0.5, 0.6) is 0 Å². The molecule has 1 aliphatic rings. The van der Waals surface area contributed by atoms with E-state index >= 15 is 0 Å². The number of rotatable bonds is 4. The first-order valence-corrected chi connectivity index (χ1v) is 7.12. The predicted molar refractivity (Wildman–Crippen MR) is 71.3 cm³/mol. The molecule has 3 heteroatoms. The molecule has 1 atom stereocenters. The summed E-state index contributed by atoms with van der Waals surface area (Å²) in [5, 5.41) is 0.598. The first kappa shape index (κ1) is 13.2. The van der Waals surface area contributed by atoms with E-state index in [1.54, 1.807) is 12.1 Å². The van der Waals surface area contributed by atoms with Gasteiger partial charge in [0, 0.05) is 10.9 Å². The van der Waals surface area contributed by atoms with E-state index in [0.717, 1.165) is 0 Å². The van der Waals surface area contributed by atoms with Crippen molar-refractivity contribution < 1.29 is 4.39 Å². The van der Waals surface area contributed by atoms with Gasteiger partial charge in [0.05, 0.1) is 0 Å². The van der Waals surface area contributed by atoms with Crippen molar-refractivity contribution in [2.45, 2.75) is 32.1 Å². The van der Waals surface area contributed by atoms with Crippen LogP contribution >= 0.6 is 23.2 Å². The molecular weight excluding hydrogens is 258 g/mol. The van der Waals surface area contributed by atoms with Gasteiger partial charge in [-0.05, 0) is 42.0 Å². The fourth-order valence-electron chi connectivity index (χ4n) is 2.76. The second-order valence-corrected chi connectivity index (χ2v) is 5.64. The first-order chi connectivity index (χ1) is 8.20. The summed E-state index contributed by atoms with van der Waals surface area (Å²) in [6.45, 7) is 0. The molecule has 0 amide bonds. The second kappa shape index (κ2) is 6.06. The minimum absolute atomic E-state index is 0.164. The lowest BCUT2D eigenvalue weighted by Gasteiger charge is -2.21. The summed E-state index contributed by atoms with van der Waals surface area (Å²) >= 11 is 11.9. The Morgan fingerprint density at radius 3 is 2.65 bits per heavy atom. The van der Waals surface area contributed by atoms with E-state index in [1.807, 2.05) is 0 Å². The third-order valence-electron chi connectivity index (χ3n) is 3.75. The molecule has 0 radical (unpaired) electrons. The highest BCUT2D eigenvalue weighted by molar-refractivity contribution is 6.30. The highest BCUT2D eigenvalue weighted by Gasteiger charge is 2.25. The summed E-state index contributed by atoms with van der Waals surface area (Å²) in [7, 11) is 0. The fourth-order valence-corrected chi connectivity index (χ4v) is 3.31. The Kier molecular flexibility index (Phi) is 4.69. The van der Waals surface area contributed by atoms with Gasteiger partial charge in [0.2, 0.25) is 0 Å². The molecule has 2 rings (SSSR count). The van der Waals surface area contributed by atoms with Crippen molar-refractivity contribution in [1.29, 1.82) is 0 Å². The molecule has 17 heavy (non-hydrogen) atoms. The zero-order valence-electron chi connectivity index (χ0n) is 9.76. The number of alkyl halides is 1. The molecule has 0 aliphatic heterocycles. The lowest BCUT2D eigenvalue weighted by molar-refractivity contribution is 0.365. The van der Waals surface area contributed by atoms with E-state index in [9.17, 15) is 4.39 Å². The zero-order chi connectivity index (χ0) is 12.3. The molecule has 1 aliphatic carbocycles. The number of benzene rings is 1. The Morgan fingerprint density at radius 1 is 1.29 bits per heavy atom. The highest BCUT2D eigenvalue weighted by atomic mass is 35.5. The average molecular weight is 275 g/mol. The van der Waals surface area contributed by atoms with Crippen LogP contribution in [-0.4, -0.2) is 5.88 Å². The molecule has 0 saturated heterocycles. The topological polar surface area (TPSA) is 0 Å².